The average Bonchev–Trinajstić information content (AvgIpc) is 2.16. The van der Waals surface area contributed by atoms with Gasteiger partial charge in [-0.2, -0.15) is 0 Å². The SMILES string of the molecule is CC(C)c1ccccc1NC(=S)NC(=O)O. The highest BCUT2D eigenvalue weighted by atomic mass is 32.1. The third kappa shape index (κ3) is 3.51. The predicted molar refractivity (Wildman–Crippen MR) is 67.9 cm³/mol. The van der Waals surface area contributed by atoms with E-state index in [1.54, 1.807) is 0 Å². The molecule has 0 atom stereocenters. The lowest BCUT2D eigenvalue weighted by Crippen LogP contribution is -2.33. The van der Waals surface area contributed by atoms with Gasteiger partial charge in [0.2, 0.25) is 0 Å². The Labute approximate surface area is 99.7 Å². The number of benzene rings is 1. The van der Waals surface area contributed by atoms with Crippen LogP contribution in [0.1, 0.15) is 25.3 Å². The molecule has 4 nitrogen and oxygen atoms in total. The second kappa shape index (κ2) is 5.46. The first-order valence-electron chi connectivity index (χ1n) is 4.90. The van der Waals surface area contributed by atoms with Crippen molar-refractivity contribution in [2.45, 2.75) is 19.8 Å². The summed E-state index contributed by atoms with van der Waals surface area (Å²) in [6, 6.07) is 7.66. The zero-order valence-corrected chi connectivity index (χ0v) is 9.97. The van der Waals surface area contributed by atoms with Gasteiger partial charge in [0, 0.05) is 5.69 Å². The lowest BCUT2D eigenvalue weighted by Gasteiger charge is -2.14. The van der Waals surface area contributed by atoms with E-state index in [2.05, 4.69) is 24.5 Å². The van der Waals surface area contributed by atoms with Gasteiger partial charge < -0.3 is 10.4 Å². The van der Waals surface area contributed by atoms with Gasteiger partial charge in [-0.1, -0.05) is 32.0 Å². The first-order chi connectivity index (χ1) is 7.50. The van der Waals surface area contributed by atoms with E-state index in [9.17, 15) is 4.79 Å². The Hall–Kier alpha value is -1.62. The fraction of sp³-hybridized carbons (Fsp3) is 0.273. The number of thiocarbonyl (C=S) groups is 1. The van der Waals surface area contributed by atoms with Gasteiger partial charge in [-0.15, -0.1) is 0 Å². The van der Waals surface area contributed by atoms with Gasteiger partial charge in [-0.3, -0.25) is 5.32 Å². The minimum Gasteiger partial charge on any atom is -0.465 e. The van der Waals surface area contributed by atoms with Crippen molar-refractivity contribution in [1.82, 2.24) is 5.32 Å². The Morgan fingerprint density at radius 3 is 2.56 bits per heavy atom. The minimum absolute atomic E-state index is 0.0839. The maximum Gasteiger partial charge on any atom is 0.410 e. The molecule has 3 N–H and O–H groups in total. The first kappa shape index (κ1) is 12.4. The van der Waals surface area contributed by atoms with E-state index in [0.717, 1.165) is 11.3 Å². The summed E-state index contributed by atoms with van der Waals surface area (Å²) >= 11 is 4.86. The number of para-hydroxylation sites is 1. The van der Waals surface area contributed by atoms with Crippen LogP contribution < -0.4 is 10.6 Å². The van der Waals surface area contributed by atoms with Crippen LogP contribution in [0, 0.1) is 0 Å². The highest BCUT2D eigenvalue weighted by Gasteiger charge is 2.07. The van der Waals surface area contributed by atoms with E-state index in [1.807, 2.05) is 24.3 Å². The number of anilines is 1. The average molecular weight is 238 g/mol. The van der Waals surface area contributed by atoms with Gasteiger partial charge in [-0.25, -0.2) is 4.79 Å². The predicted octanol–water partition coefficient (Wildman–Crippen LogP) is 2.77. The summed E-state index contributed by atoms with van der Waals surface area (Å²) in [5.74, 6) is 0.344. The molecule has 0 saturated carbocycles. The third-order valence-electron chi connectivity index (χ3n) is 2.05. The maximum atomic E-state index is 10.4. The number of carbonyl (C=O) groups is 1. The molecule has 5 heteroatoms. The Bertz CT molecular complexity index is 405. The van der Waals surface area contributed by atoms with Crippen molar-refractivity contribution >= 4 is 29.1 Å². The van der Waals surface area contributed by atoms with Crippen LogP contribution in [-0.4, -0.2) is 16.3 Å². The topological polar surface area (TPSA) is 61.4 Å². The van der Waals surface area contributed by atoms with E-state index < -0.39 is 6.09 Å². The van der Waals surface area contributed by atoms with Crippen LogP contribution in [0.25, 0.3) is 0 Å². The van der Waals surface area contributed by atoms with Crippen LogP contribution in [0.2, 0.25) is 0 Å². The van der Waals surface area contributed by atoms with E-state index in [4.69, 9.17) is 17.3 Å². The molecule has 0 aromatic heterocycles. The number of nitrogens with one attached hydrogen (secondary N) is 2. The summed E-state index contributed by atoms with van der Waals surface area (Å²) < 4.78 is 0. The van der Waals surface area contributed by atoms with Crippen LogP contribution in [-0.2, 0) is 0 Å². The molecule has 1 rings (SSSR count). The molecule has 0 saturated heterocycles. The molecule has 0 radical (unpaired) electrons. The van der Waals surface area contributed by atoms with E-state index in [0.29, 0.717) is 5.92 Å². The van der Waals surface area contributed by atoms with Crippen molar-refractivity contribution in [3.63, 3.8) is 0 Å². The Morgan fingerprint density at radius 1 is 1.38 bits per heavy atom. The van der Waals surface area contributed by atoms with Crippen LogP contribution in [0.15, 0.2) is 24.3 Å². The molecule has 0 heterocycles. The smallest absolute Gasteiger partial charge is 0.410 e. The Kier molecular flexibility index (Phi) is 4.25. The third-order valence-corrected chi connectivity index (χ3v) is 2.26. The van der Waals surface area contributed by atoms with Crippen molar-refractivity contribution in [3.05, 3.63) is 29.8 Å². The summed E-state index contributed by atoms with van der Waals surface area (Å²) in [6.07, 6.45) is -1.17. The molecule has 0 aliphatic carbocycles. The summed E-state index contributed by atoms with van der Waals surface area (Å²) in [7, 11) is 0. The van der Waals surface area contributed by atoms with Gasteiger partial charge in [0.15, 0.2) is 5.11 Å². The molecule has 0 aliphatic heterocycles. The summed E-state index contributed by atoms with van der Waals surface area (Å²) in [5.41, 5.74) is 1.92. The van der Waals surface area contributed by atoms with Crippen LogP contribution in [0.5, 0.6) is 0 Å². The summed E-state index contributed by atoms with van der Waals surface area (Å²) in [5, 5.41) is 13.5. The molecule has 0 unspecified atom stereocenters. The molecular weight excluding hydrogens is 224 g/mol. The summed E-state index contributed by atoms with van der Waals surface area (Å²) in [6.45, 7) is 4.13. The lowest BCUT2D eigenvalue weighted by atomic mass is 10.0. The van der Waals surface area contributed by atoms with Gasteiger partial charge in [-0.05, 0) is 29.8 Å². The van der Waals surface area contributed by atoms with E-state index >= 15 is 0 Å². The first-order valence-corrected chi connectivity index (χ1v) is 5.31. The van der Waals surface area contributed by atoms with Crippen LogP contribution in [0.4, 0.5) is 10.5 Å². The fourth-order valence-electron chi connectivity index (χ4n) is 1.36. The molecule has 1 amide bonds. The van der Waals surface area contributed by atoms with Crippen LogP contribution in [0.3, 0.4) is 0 Å². The molecule has 86 valence electrons. The molecule has 1 aromatic carbocycles. The lowest BCUT2D eigenvalue weighted by molar-refractivity contribution is 0.200. The zero-order chi connectivity index (χ0) is 12.1. The Balaban J connectivity index is 2.80. The highest BCUT2D eigenvalue weighted by molar-refractivity contribution is 7.80. The molecule has 0 bridgehead atoms. The summed E-state index contributed by atoms with van der Waals surface area (Å²) in [4.78, 5) is 10.4. The number of carboxylic acid groups (broad SMARTS) is 1. The molecule has 16 heavy (non-hydrogen) atoms. The zero-order valence-electron chi connectivity index (χ0n) is 9.15. The second-order valence-corrected chi connectivity index (χ2v) is 4.03. The van der Waals surface area contributed by atoms with Crippen molar-refractivity contribution in [1.29, 1.82) is 0 Å². The van der Waals surface area contributed by atoms with Gasteiger partial charge >= 0.3 is 6.09 Å². The number of amides is 1. The standard InChI is InChI=1S/C11H14N2O2S/c1-7(2)8-5-3-4-6-9(8)12-10(16)13-11(14)15/h3-7H,1-2H3,(H,14,15)(H2,12,13,16). The number of hydrogen-bond acceptors (Lipinski definition) is 2. The maximum absolute atomic E-state index is 10.4. The van der Waals surface area contributed by atoms with Gasteiger partial charge in [0.05, 0.1) is 0 Å². The van der Waals surface area contributed by atoms with Crippen LogP contribution >= 0.6 is 12.2 Å². The van der Waals surface area contributed by atoms with Crippen molar-refractivity contribution in [2.75, 3.05) is 5.32 Å². The van der Waals surface area contributed by atoms with Crippen molar-refractivity contribution < 1.29 is 9.90 Å². The molecule has 0 aliphatic rings. The normalized spacial score (nSPS) is 9.94. The van der Waals surface area contributed by atoms with E-state index in [-0.39, 0.29) is 5.11 Å². The van der Waals surface area contributed by atoms with Crippen molar-refractivity contribution in [2.24, 2.45) is 0 Å². The van der Waals surface area contributed by atoms with E-state index in [1.165, 1.54) is 0 Å². The fourth-order valence-corrected chi connectivity index (χ4v) is 1.56. The number of rotatable bonds is 2. The highest BCUT2D eigenvalue weighted by Crippen LogP contribution is 2.23. The molecule has 1 aromatic rings. The minimum atomic E-state index is -1.17. The molecule has 0 spiro atoms. The molecular formula is C11H14N2O2S. The molecule has 0 fully saturated rings. The largest absolute Gasteiger partial charge is 0.465 e. The second-order valence-electron chi connectivity index (χ2n) is 3.63. The van der Waals surface area contributed by atoms with Crippen molar-refractivity contribution in [3.8, 4) is 0 Å². The number of hydrogen-bond donors (Lipinski definition) is 3. The van der Waals surface area contributed by atoms with Gasteiger partial charge in [0.1, 0.15) is 0 Å². The monoisotopic (exact) mass is 238 g/mol. The van der Waals surface area contributed by atoms with Gasteiger partial charge in [0.25, 0.3) is 0 Å². The quantitative estimate of drug-likeness (QED) is 0.693. The Morgan fingerprint density at radius 2 is 2.00 bits per heavy atom.